The molecule has 0 amide bonds. The fourth-order valence-corrected chi connectivity index (χ4v) is 6.43. The highest BCUT2D eigenvalue weighted by Crippen LogP contribution is 2.38. The Bertz CT molecular complexity index is 1130. The first-order chi connectivity index (χ1) is 14.4. The van der Waals surface area contributed by atoms with Gasteiger partial charge in [-0.3, -0.25) is 0 Å². The largest absolute Gasteiger partial charge is 0.340 e. The maximum absolute atomic E-state index is 12.5. The molecule has 0 unspecified atom stereocenters. The molecule has 1 aliphatic heterocycles. The lowest BCUT2D eigenvalue weighted by molar-refractivity contribution is 0.319. The molecule has 30 heavy (non-hydrogen) atoms. The van der Waals surface area contributed by atoms with E-state index in [1.165, 1.54) is 27.7 Å². The van der Waals surface area contributed by atoms with E-state index in [2.05, 4.69) is 47.9 Å². The number of hydrogen-bond donors (Lipinski definition) is 0. The van der Waals surface area contributed by atoms with E-state index in [0.717, 1.165) is 24.4 Å². The number of nitrogens with zero attached hydrogens (tertiary/aromatic N) is 2. The molecular formula is C24H29ClN2O2S. The second kappa shape index (κ2) is 8.74. The molecule has 0 atom stereocenters. The van der Waals surface area contributed by atoms with E-state index in [1.54, 1.807) is 4.31 Å². The minimum atomic E-state index is -3.11. The molecule has 0 saturated carbocycles. The molecule has 0 N–H and O–H groups in total. The van der Waals surface area contributed by atoms with Crippen molar-refractivity contribution in [2.45, 2.75) is 45.6 Å². The molecule has 2 heterocycles. The number of benzene rings is 2. The summed E-state index contributed by atoms with van der Waals surface area (Å²) in [5.74, 6) is 0.631. The van der Waals surface area contributed by atoms with Gasteiger partial charge in [0, 0.05) is 41.3 Å². The van der Waals surface area contributed by atoms with Gasteiger partial charge in [-0.05, 0) is 61.4 Å². The summed E-state index contributed by atoms with van der Waals surface area (Å²) in [5.41, 5.74) is 5.12. The molecular weight excluding hydrogens is 416 g/mol. The van der Waals surface area contributed by atoms with Crippen LogP contribution in [0.1, 0.15) is 48.9 Å². The molecule has 1 aliphatic rings. The predicted octanol–water partition coefficient (Wildman–Crippen LogP) is 5.57. The maximum atomic E-state index is 12.5. The van der Waals surface area contributed by atoms with Gasteiger partial charge in [-0.25, -0.2) is 12.7 Å². The van der Waals surface area contributed by atoms with Crippen LogP contribution in [0.3, 0.4) is 0 Å². The average molecular weight is 445 g/mol. The number of para-hydroxylation sites is 1. The molecule has 160 valence electrons. The molecule has 0 spiro atoms. The molecule has 4 rings (SSSR count). The van der Waals surface area contributed by atoms with Gasteiger partial charge in [0.15, 0.2) is 0 Å². The molecule has 1 saturated heterocycles. The third-order valence-electron chi connectivity index (χ3n) is 6.25. The summed E-state index contributed by atoms with van der Waals surface area (Å²) >= 11 is 6.06. The van der Waals surface area contributed by atoms with Crippen molar-refractivity contribution >= 4 is 32.5 Å². The Kier molecular flexibility index (Phi) is 6.24. The minimum absolute atomic E-state index is 0.247. The van der Waals surface area contributed by atoms with Crippen LogP contribution < -0.4 is 0 Å². The third kappa shape index (κ3) is 4.16. The highest BCUT2D eigenvalue weighted by atomic mass is 35.5. The van der Waals surface area contributed by atoms with E-state index in [-0.39, 0.29) is 5.75 Å². The minimum Gasteiger partial charge on any atom is -0.340 e. The van der Waals surface area contributed by atoms with E-state index >= 15 is 0 Å². The van der Waals surface area contributed by atoms with Crippen molar-refractivity contribution in [3.05, 3.63) is 70.4 Å². The lowest BCUT2D eigenvalue weighted by Crippen LogP contribution is -2.39. The smallest absolute Gasteiger partial charge is 0.214 e. The van der Waals surface area contributed by atoms with E-state index in [1.807, 2.05) is 19.1 Å². The van der Waals surface area contributed by atoms with Crippen molar-refractivity contribution in [2.24, 2.45) is 0 Å². The van der Waals surface area contributed by atoms with Crippen LogP contribution in [0.5, 0.6) is 0 Å². The quantitative estimate of drug-likeness (QED) is 0.498. The molecule has 0 bridgehead atoms. The zero-order valence-corrected chi connectivity index (χ0v) is 19.2. The third-order valence-corrected chi connectivity index (χ3v) is 8.58. The van der Waals surface area contributed by atoms with Crippen LogP contribution in [0.15, 0.2) is 48.5 Å². The summed E-state index contributed by atoms with van der Waals surface area (Å²) in [6, 6.07) is 16.6. The van der Waals surface area contributed by atoms with Crippen LogP contribution in [0.25, 0.3) is 10.9 Å². The molecule has 2 aromatic carbocycles. The van der Waals surface area contributed by atoms with E-state index in [0.29, 0.717) is 25.4 Å². The number of fused-ring (bicyclic) bond motifs is 1. The zero-order valence-electron chi connectivity index (χ0n) is 17.6. The first-order valence-electron chi connectivity index (χ1n) is 10.7. The molecule has 4 nitrogen and oxygen atoms in total. The van der Waals surface area contributed by atoms with Gasteiger partial charge >= 0.3 is 0 Å². The van der Waals surface area contributed by atoms with Gasteiger partial charge < -0.3 is 4.57 Å². The topological polar surface area (TPSA) is 42.3 Å². The van der Waals surface area contributed by atoms with Crippen LogP contribution in [-0.4, -0.2) is 36.1 Å². The Morgan fingerprint density at radius 3 is 2.37 bits per heavy atom. The van der Waals surface area contributed by atoms with Crippen LogP contribution in [-0.2, 0) is 16.6 Å². The predicted molar refractivity (Wildman–Crippen MR) is 125 cm³/mol. The van der Waals surface area contributed by atoms with Crippen molar-refractivity contribution in [1.29, 1.82) is 0 Å². The van der Waals surface area contributed by atoms with Gasteiger partial charge in [0.05, 0.1) is 5.75 Å². The maximum Gasteiger partial charge on any atom is 0.214 e. The van der Waals surface area contributed by atoms with Crippen LogP contribution in [0, 0.1) is 6.92 Å². The number of sulfonamides is 1. The molecule has 6 heteroatoms. The Morgan fingerprint density at radius 2 is 1.70 bits per heavy atom. The summed E-state index contributed by atoms with van der Waals surface area (Å²) in [6.07, 6.45) is 2.41. The Morgan fingerprint density at radius 1 is 1.03 bits per heavy atom. The molecule has 3 aromatic rings. The van der Waals surface area contributed by atoms with Crippen molar-refractivity contribution < 1.29 is 8.42 Å². The molecule has 1 fully saturated rings. The van der Waals surface area contributed by atoms with Gasteiger partial charge in [0.25, 0.3) is 0 Å². The van der Waals surface area contributed by atoms with E-state index in [4.69, 9.17) is 11.6 Å². The van der Waals surface area contributed by atoms with Gasteiger partial charge in [-0.15, -0.1) is 0 Å². The van der Waals surface area contributed by atoms with Gasteiger partial charge in [0.2, 0.25) is 10.0 Å². The molecule has 0 radical (unpaired) electrons. The summed E-state index contributed by atoms with van der Waals surface area (Å²) in [4.78, 5) is 0. The van der Waals surface area contributed by atoms with Crippen LogP contribution in [0.4, 0.5) is 0 Å². The first-order valence-corrected chi connectivity index (χ1v) is 12.7. The second-order valence-electron chi connectivity index (χ2n) is 8.22. The number of halogens is 1. The van der Waals surface area contributed by atoms with Crippen molar-refractivity contribution in [1.82, 2.24) is 8.87 Å². The first kappa shape index (κ1) is 21.4. The Labute approximate surface area is 184 Å². The lowest BCUT2D eigenvalue weighted by Gasteiger charge is -2.31. The molecule has 0 aliphatic carbocycles. The van der Waals surface area contributed by atoms with E-state index < -0.39 is 10.0 Å². The fourth-order valence-electron chi connectivity index (χ4n) is 4.76. The average Bonchev–Trinajstić information content (AvgIpc) is 3.01. The Balaban J connectivity index is 1.64. The normalized spacial score (nSPS) is 16.4. The summed E-state index contributed by atoms with van der Waals surface area (Å²) < 4.78 is 29.0. The number of aromatic nitrogens is 1. The lowest BCUT2D eigenvalue weighted by atomic mass is 9.88. The summed E-state index contributed by atoms with van der Waals surface area (Å²) in [5, 5.41) is 2.04. The van der Waals surface area contributed by atoms with Gasteiger partial charge in [-0.2, -0.15) is 0 Å². The summed E-state index contributed by atoms with van der Waals surface area (Å²) in [6.45, 7) is 6.15. The van der Waals surface area contributed by atoms with Crippen LogP contribution in [0.2, 0.25) is 5.02 Å². The highest BCUT2D eigenvalue weighted by Gasteiger charge is 2.30. The fraction of sp³-hybridized carbons (Fsp3) is 0.417. The highest BCUT2D eigenvalue weighted by molar-refractivity contribution is 7.89. The van der Waals surface area contributed by atoms with Gasteiger partial charge in [0.1, 0.15) is 0 Å². The van der Waals surface area contributed by atoms with Crippen molar-refractivity contribution in [2.75, 3.05) is 18.8 Å². The molecule has 1 aromatic heterocycles. The van der Waals surface area contributed by atoms with Gasteiger partial charge in [-0.1, -0.05) is 48.9 Å². The SMILES string of the molecule is CCCS(=O)(=O)N1CCC(c2c(C)n(Cc3ccc(Cl)cc3)c3ccccc23)CC1. The van der Waals surface area contributed by atoms with Crippen LogP contribution >= 0.6 is 11.6 Å². The van der Waals surface area contributed by atoms with Crippen molar-refractivity contribution in [3.63, 3.8) is 0 Å². The number of hydrogen-bond acceptors (Lipinski definition) is 2. The van der Waals surface area contributed by atoms with Crippen molar-refractivity contribution in [3.8, 4) is 0 Å². The number of rotatable bonds is 6. The zero-order chi connectivity index (χ0) is 21.3. The van der Waals surface area contributed by atoms with E-state index in [9.17, 15) is 8.42 Å². The summed E-state index contributed by atoms with van der Waals surface area (Å²) in [7, 11) is -3.11. The second-order valence-corrected chi connectivity index (χ2v) is 10.7. The number of piperidine rings is 1. The monoisotopic (exact) mass is 444 g/mol. The standard InChI is InChI=1S/C24H29ClN2O2S/c1-3-16-30(28,29)26-14-12-20(13-15-26)24-18(2)27(23-7-5-4-6-22(23)24)17-19-8-10-21(25)11-9-19/h4-11,20H,3,12-17H2,1-2H3. The Hall–Kier alpha value is -1.82.